The molecule has 0 unspecified atom stereocenters. The Balaban J connectivity index is 2.38. The third-order valence-corrected chi connectivity index (χ3v) is 3.18. The van der Waals surface area contributed by atoms with E-state index in [1.54, 1.807) is 0 Å². The second-order valence-corrected chi connectivity index (χ2v) is 5.01. The Hall–Kier alpha value is -0.860. The summed E-state index contributed by atoms with van der Waals surface area (Å²) in [6.07, 6.45) is -1.14. The number of nitrogens with one attached hydrogen (secondary N) is 1. The number of rotatable bonds is 4. The Kier molecular flexibility index (Phi) is 3.29. The number of ether oxygens (including phenoxy) is 1. The highest BCUT2D eigenvalue weighted by Gasteiger charge is 2.29. The van der Waals surface area contributed by atoms with E-state index in [-0.39, 0.29) is 18.8 Å². The van der Waals surface area contributed by atoms with Gasteiger partial charge in [-0.1, -0.05) is 0 Å². The number of nitrogens with two attached hydrogens (primary N) is 1. The lowest BCUT2D eigenvalue weighted by Crippen LogP contribution is -2.36. The van der Waals surface area contributed by atoms with Crippen LogP contribution in [0.2, 0.25) is 0 Å². The number of hydrogen-bond acceptors (Lipinski definition) is 5. The standard InChI is InChI=1S/C6H13N3O4S/c1-2-14(11,12)8-3-5-4-9(7)6(10)13-5/h5,8H,2-4,7H2,1H3/t5-/m0/s1. The second-order valence-electron chi connectivity index (χ2n) is 2.91. The average molecular weight is 223 g/mol. The molecule has 0 saturated carbocycles. The molecular weight excluding hydrogens is 210 g/mol. The zero-order chi connectivity index (χ0) is 10.8. The Morgan fingerprint density at radius 2 is 2.36 bits per heavy atom. The molecule has 1 amide bonds. The van der Waals surface area contributed by atoms with Crippen molar-refractivity contribution in [3.63, 3.8) is 0 Å². The Bertz CT molecular complexity index is 315. The van der Waals surface area contributed by atoms with E-state index in [0.29, 0.717) is 0 Å². The number of amides is 1. The lowest BCUT2D eigenvalue weighted by atomic mass is 10.4. The summed E-state index contributed by atoms with van der Waals surface area (Å²) in [6.45, 7) is 1.79. The van der Waals surface area contributed by atoms with E-state index in [2.05, 4.69) is 4.72 Å². The summed E-state index contributed by atoms with van der Waals surface area (Å²) >= 11 is 0. The van der Waals surface area contributed by atoms with Gasteiger partial charge in [-0.2, -0.15) is 0 Å². The number of nitrogens with zero attached hydrogens (tertiary/aromatic N) is 1. The molecule has 8 heteroatoms. The fraction of sp³-hybridized carbons (Fsp3) is 0.833. The van der Waals surface area contributed by atoms with Crippen molar-refractivity contribution in [2.45, 2.75) is 13.0 Å². The normalized spacial score (nSPS) is 22.6. The first-order valence-electron chi connectivity index (χ1n) is 4.15. The SMILES string of the molecule is CCS(=O)(=O)NC[C@H]1CN(N)C(=O)O1. The molecule has 1 atom stereocenters. The van der Waals surface area contributed by atoms with Gasteiger partial charge in [-0.3, -0.25) is 0 Å². The lowest BCUT2D eigenvalue weighted by molar-refractivity contribution is 0.133. The summed E-state index contributed by atoms with van der Waals surface area (Å²) in [5, 5.41) is 0.908. The molecule has 0 aromatic rings. The van der Waals surface area contributed by atoms with Gasteiger partial charge in [-0.15, -0.1) is 0 Å². The van der Waals surface area contributed by atoms with Crippen LogP contribution in [0.1, 0.15) is 6.92 Å². The third-order valence-electron chi connectivity index (χ3n) is 1.81. The minimum Gasteiger partial charge on any atom is -0.442 e. The van der Waals surface area contributed by atoms with Crippen LogP contribution in [-0.2, 0) is 14.8 Å². The predicted molar refractivity (Wildman–Crippen MR) is 48.6 cm³/mol. The molecule has 3 N–H and O–H groups in total. The monoisotopic (exact) mass is 223 g/mol. The van der Waals surface area contributed by atoms with Gasteiger partial charge >= 0.3 is 6.09 Å². The highest BCUT2D eigenvalue weighted by Crippen LogP contribution is 2.05. The smallest absolute Gasteiger partial charge is 0.424 e. The number of hydrogen-bond donors (Lipinski definition) is 2. The van der Waals surface area contributed by atoms with Gasteiger partial charge in [-0.05, 0) is 6.92 Å². The van der Waals surface area contributed by atoms with Crippen molar-refractivity contribution >= 4 is 16.1 Å². The Labute approximate surface area is 82.2 Å². The van der Waals surface area contributed by atoms with Crippen molar-refractivity contribution in [2.24, 2.45) is 5.84 Å². The van der Waals surface area contributed by atoms with Gasteiger partial charge in [-0.25, -0.2) is 28.8 Å². The van der Waals surface area contributed by atoms with Crippen LogP contribution >= 0.6 is 0 Å². The molecular formula is C6H13N3O4S. The molecule has 1 heterocycles. The molecule has 0 aliphatic carbocycles. The molecule has 0 radical (unpaired) electrons. The van der Waals surface area contributed by atoms with Crippen LogP contribution in [0.25, 0.3) is 0 Å². The highest BCUT2D eigenvalue weighted by atomic mass is 32.2. The van der Waals surface area contributed by atoms with Crippen molar-refractivity contribution in [3.05, 3.63) is 0 Å². The van der Waals surface area contributed by atoms with Crippen molar-refractivity contribution in [1.29, 1.82) is 0 Å². The number of carbonyl (C=O) groups excluding carboxylic acids is 1. The number of carbonyl (C=O) groups is 1. The van der Waals surface area contributed by atoms with Gasteiger partial charge in [0.25, 0.3) is 0 Å². The topological polar surface area (TPSA) is 102 Å². The summed E-state index contributed by atoms with van der Waals surface area (Å²) in [5.74, 6) is 5.22. The van der Waals surface area contributed by atoms with Crippen LogP contribution in [0.4, 0.5) is 4.79 Å². The summed E-state index contributed by atoms with van der Waals surface area (Å²) in [6, 6.07) is 0. The molecule has 1 saturated heterocycles. The van der Waals surface area contributed by atoms with Gasteiger partial charge < -0.3 is 4.74 Å². The van der Waals surface area contributed by atoms with E-state index in [1.807, 2.05) is 0 Å². The maximum Gasteiger partial charge on any atom is 0.424 e. The number of hydrazine groups is 1. The van der Waals surface area contributed by atoms with Crippen LogP contribution in [0, 0.1) is 0 Å². The van der Waals surface area contributed by atoms with Crippen LogP contribution in [0.15, 0.2) is 0 Å². The van der Waals surface area contributed by atoms with Gasteiger partial charge in [0.15, 0.2) is 0 Å². The molecule has 0 aromatic heterocycles. The Morgan fingerprint density at radius 3 is 2.79 bits per heavy atom. The summed E-state index contributed by atoms with van der Waals surface area (Å²) in [5.41, 5.74) is 0. The Morgan fingerprint density at radius 1 is 1.71 bits per heavy atom. The molecule has 0 aromatic carbocycles. The zero-order valence-corrected chi connectivity index (χ0v) is 8.58. The van der Waals surface area contributed by atoms with Crippen molar-refractivity contribution in [2.75, 3.05) is 18.8 Å². The summed E-state index contributed by atoms with van der Waals surface area (Å²) in [4.78, 5) is 10.8. The van der Waals surface area contributed by atoms with E-state index >= 15 is 0 Å². The van der Waals surface area contributed by atoms with E-state index in [1.165, 1.54) is 6.92 Å². The largest absolute Gasteiger partial charge is 0.442 e. The first-order valence-corrected chi connectivity index (χ1v) is 5.80. The van der Waals surface area contributed by atoms with E-state index in [9.17, 15) is 13.2 Å². The van der Waals surface area contributed by atoms with Crippen molar-refractivity contribution in [3.8, 4) is 0 Å². The van der Waals surface area contributed by atoms with Crippen LogP contribution < -0.4 is 10.6 Å². The van der Waals surface area contributed by atoms with Gasteiger partial charge in [0, 0.05) is 6.54 Å². The van der Waals surface area contributed by atoms with Crippen molar-refractivity contribution < 1.29 is 17.9 Å². The first kappa shape index (κ1) is 11.2. The molecule has 82 valence electrons. The maximum atomic E-state index is 11.0. The minimum atomic E-state index is -3.24. The molecule has 1 aliphatic rings. The quantitative estimate of drug-likeness (QED) is 0.452. The molecule has 1 aliphatic heterocycles. The van der Waals surface area contributed by atoms with Crippen LogP contribution in [0.3, 0.4) is 0 Å². The maximum absolute atomic E-state index is 11.0. The van der Waals surface area contributed by atoms with Crippen LogP contribution in [0.5, 0.6) is 0 Å². The fourth-order valence-corrected chi connectivity index (χ4v) is 1.61. The molecule has 0 bridgehead atoms. The lowest BCUT2D eigenvalue weighted by Gasteiger charge is -2.08. The van der Waals surface area contributed by atoms with E-state index in [0.717, 1.165) is 5.01 Å². The van der Waals surface area contributed by atoms with E-state index in [4.69, 9.17) is 10.6 Å². The molecule has 1 rings (SSSR count). The van der Waals surface area contributed by atoms with Gasteiger partial charge in [0.05, 0.1) is 12.3 Å². The summed E-state index contributed by atoms with van der Waals surface area (Å²) in [7, 11) is -3.24. The highest BCUT2D eigenvalue weighted by molar-refractivity contribution is 7.89. The van der Waals surface area contributed by atoms with Crippen LogP contribution in [-0.4, -0.2) is 44.5 Å². The minimum absolute atomic E-state index is 0.00000567. The summed E-state index contributed by atoms with van der Waals surface area (Å²) < 4.78 is 29.1. The number of sulfonamides is 1. The van der Waals surface area contributed by atoms with E-state index < -0.39 is 22.2 Å². The van der Waals surface area contributed by atoms with Gasteiger partial charge in [0.1, 0.15) is 6.10 Å². The molecule has 1 fully saturated rings. The molecule has 0 spiro atoms. The zero-order valence-electron chi connectivity index (χ0n) is 7.76. The van der Waals surface area contributed by atoms with Gasteiger partial charge in [0.2, 0.25) is 10.0 Å². The first-order chi connectivity index (χ1) is 6.44. The average Bonchev–Trinajstić information content (AvgIpc) is 2.44. The molecule has 7 nitrogen and oxygen atoms in total. The number of cyclic esters (lactones) is 1. The predicted octanol–water partition coefficient (Wildman–Crippen LogP) is -1.38. The van der Waals surface area contributed by atoms with Crippen molar-refractivity contribution in [1.82, 2.24) is 9.73 Å². The molecule has 14 heavy (non-hydrogen) atoms. The third kappa shape index (κ3) is 2.82. The fourth-order valence-electron chi connectivity index (χ4n) is 0.970. The second kappa shape index (κ2) is 4.11.